The number of Topliss-reactive ketones (excluding diaryl/α,β-unsaturated/α-hetero) is 1. The topological polar surface area (TPSA) is 75.5 Å². The van der Waals surface area contributed by atoms with E-state index in [9.17, 15) is 13.2 Å². The summed E-state index contributed by atoms with van der Waals surface area (Å²) >= 11 is 0. The van der Waals surface area contributed by atoms with Crippen LogP contribution in [0.3, 0.4) is 0 Å². The van der Waals surface area contributed by atoms with Crippen LogP contribution in [0.5, 0.6) is 0 Å². The first-order valence-corrected chi connectivity index (χ1v) is 11.7. The number of carbonyl (C=O) groups excluding carboxylic acids is 1. The largest absolute Gasteiger partial charge is 0.366 e. The molecule has 0 atom stereocenters. The second-order valence-electron chi connectivity index (χ2n) is 7.74. The van der Waals surface area contributed by atoms with Crippen LogP contribution in [-0.4, -0.2) is 54.5 Å². The molecule has 4 rings (SSSR count). The molecule has 8 heteroatoms. The molecule has 2 heterocycles. The summed E-state index contributed by atoms with van der Waals surface area (Å²) in [5, 5.41) is 4.71. The van der Waals surface area contributed by atoms with Crippen molar-refractivity contribution in [2.45, 2.75) is 25.7 Å². The minimum atomic E-state index is -3.65. The number of aromatic nitrogens is 2. The van der Waals surface area contributed by atoms with Gasteiger partial charge < -0.3 is 4.90 Å². The van der Waals surface area contributed by atoms with Gasteiger partial charge in [-0.15, -0.1) is 0 Å². The molecule has 3 aromatic rings. The summed E-state index contributed by atoms with van der Waals surface area (Å²) in [7, 11) is -3.65. The van der Waals surface area contributed by atoms with Crippen LogP contribution in [-0.2, 0) is 10.0 Å². The number of nitrogens with zero attached hydrogens (tertiary/aromatic N) is 4. The Kier molecular flexibility index (Phi) is 5.68. The molecule has 0 N–H and O–H groups in total. The van der Waals surface area contributed by atoms with E-state index in [4.69, 9.17) is 5.10 Å². The van der Waals surface area contributed by atoms with Crippen LogP contribution in [0.25, 0.3) is 5.69 Å². The Morgan fingerprint density at radius 2 is 1.61 bits per heavy atom. The molecular weight excluding hydrogens is 412 g/mol. The Morgan fingerprint density at radius 1 is 0.935 bits per heavy atom. The van der Waals surface area contributed by atoms with Gasteiger partial charge in [-0.3, -0.25) is 4.79 Å². The van der Waals surface area contributed by atoms with Crippen LogP contribution in [0.15, 0.2) is 59.5 Å². The van der Waals surface area contributed by atoms with Gasteiger partial charge in [0, 0.05) is 31.7 Å². The van der Waals surface area contributed by atoms with E-state index < -0.39 is 10.0 Å². The van der Waals surface area contributed by atoms with Crippen molar-refractivity contribution in [1.29, 1.82) is 0 Å². The number of rotatable bonds is 5. The van der Waals surface area contributed by atoms with Gasteiger partial charge in [0.2, 0.25) is 10.0 Å². The van der Waals surface area contributed by atoms with E-state index in [2.05, 4.69) is 4.90 Å². The lowest BCUT2D eigenvalue weighted by Crippen LogP contribution is -2.49. The minimum absolute atomic E-state index is 0.150. The number of anilines is 1. The monoisotopic (exact) mass is 438 g/mol. The molecule has 0 unspecified atom stereocenters. The molecule has 0 aliphatic carbocycles. The quantitative estimate of drug-likeness (QED) is 0.572. The van der Waals surface area contributed by atoms with Gasteiger partial charge in [-0.05, 0) is 45.0 Å². The number of ketones is 1. The molecule has 2 aromatic carbocycles. The fourth-order valence-corrected chi connectivity index (χ4v) is 5.56. The van der Waals surface area contributed by atoms with E-state index in [1.54, 1.807) is 18.2 Å². The SMILES string of the molecule is CC(=O)c1cccc(S(=O)(=O)N2CCN(c3c(C)nn(-c4ccccc4)c3C)CC2)c1. The predicted octanol–water partition coefficient (Wildman–Crippen LogP) is 3.20. The number of piperazine rings is 1. The summed E-state index contributed by atoms with van der Waals surface area (Å²) in [6, 6.07) is 16.2. The maximum absolute atomic E-state index is 13.1. The Balaban J connectivity index is 1.54. The normalized spacial score (nSPS) is 15.3. The highest BCUT2D eigenvalue weighted by Crippen LogP contribution is 2.29. The average molecular weight is 439 g/mol. The summed E-state index contributed by atoms with van der Waals surface area (Å²) in [5.74, 6) is -0.150. The third-order valence-corrected chi connectivity index (χ3v) is 7.58. The average Bonchev–Trinajstić information content (AvgIpc) is 3.08. The molecule has 0 bridgehead atoms. The number of carbonyl (C=O) groups is 1. The molecule has 7 nitrogen and oxygen atoms in total. The smallest absolute Gasteiger partial charge is 0.243 e. The Morgan fingerprint density at radius 3 is 2.26 bits per heavy atom. The highest BCUT2D eigenvalue weighted by Gasteiger charge is 2.30. The first-order chi connectivity index (χ1) is 14.8. The fraction of sp³-hybridized carbons (Fsp3) is 0.304. The van der Waals surface area contributed by atoms with Gasteiger partial charge >= 0.3 is 0 Å². The molecule has 1 aromatic heterocycles. The molecule has 162 valence electrons. The second kappa shape index (κ2) is 8.28. The predicted molar refractivity (Wildman–Crippen MR) is 120 cm³/mol. The molecule has 1 fully saturated rings. The lowest BCUT2D eigenvalue weighted by atomic mass is 10.2. The summed E-state index contributed by atoms with van der Waals surface area (Å²) in [6.07, 6.45) is 0. The third-order valence-electron chi connectivity index (χ3n) is 5.69. The molecule has 1 aliphatic rings. The maximum Gasteiger partial charge on any atom is 0.243 e. The molecular formula is C23H26N4O3S. The second-order valence-corrected chi connectivity index (χ2v) is 9.68. The number of para-hydroxylation sites is 1. The molecule has 1 aliphatic heterocycles. The fourth-order valence-electron chi connectivity index (χ4n) is 4.09. The van der Waals surface area contributed by atoms with Crippen molar-refractivity contribution in [1.82, 2.24) is 14.1 Å². The van der Waals surface area contributed by atoms with E-state index in [-0.39, 0.29) is 10.7 Å². The summed E-state index contributed by atoms with van der Waals surface area (Å²) in [5.41, 5.74) is 4.42. The number of sulfonamides is 1. The van der Waals surface area contributed by atoms with E-state index >= 15 is 0 Å². The van der Waals surface area contributed by atoms with Crippen molar-refractivity contribution in [3.05, 3.63) is 71.5 Å². The number of hydrogen-bond acceptors (Lipinski definition) is 5. The van der Waals surface area contributed by atoms with Gasteiger partial charge in [0.05, 0.1) is 27.7 Å². The zero-order chi connectivity index (χ0) is 22.2. The van der Waals surface area contributed by atoms with Gasteiger partial charge in [0.25, 0.3) is 0 Å². The van der Waals surface area contributed by atoms with Crippen LogP contribution < -0.4 is 4.90 Å². The van der Waals surface area contributed by atoms with Crippen molar-refractivity contribution < 1.29 is 13.2 Å². The van der Waals surface area contributed by atoms with Gasteiger partial charge in [-0.25, -0.2) is 13.1 Å². The molecule has 31 heavy (non-hydrogen) atoms. The lowest BCUT2D eigenvalue weighted by Gasteiger charge is -2.35. The van der Waals surface area contributed by atoms with Gasteiger partial charge in [0.1, 0.15) is 0 Å². The van der Waals surface area contributed by atoms with Crippen molar-refractivity contribution in [2.75, 3.05) is 31.1 Å². The van der Waals surface area contributed by atoms with Gasteiger partial charge in [-0.1, -0.05) is 30.3 Å². The van der Waals surface area contributed by atoms with Crippen molar-refractivity contribution >= 4 is 21.5 Å². The van der Waals surface area contributed by atoms with Crippen LogP contribution in [0.4, 0.5) is 5.69 Å². The van der Waals surface area contributed by atoms with Crippen LogP contribution in [0, 0.1) is 13.8 Å². The highest BCUT2D eigenvalue weighted by atomic mass is 32.2. The lowest BCUT2D eigenvalue weighted by molar-refractivity contribution is 0.101. The van der Waals surface area contributed by atoms with Crippen molar-refractivity contribution in [3.63, 3.8) is 0 Å². The number of aryl methyl sites for hydroxylation is 1. The number of hydrogen-bond donors (Lipinski definition) is 0. The zero-order valence-corrected chi connectivity index (χ0v) is 18.8. The Bertz CT molecular complexity index is 1210. The highest BCUT2D eigenvalue weighted by molar-refractivity contribution is 7.89. The molecule has 1 saturated heterocycles. The van der Waals surface area contributed by atoms with Gasteiger partial charge in [-0.2, -0.15) is 9.40 Å². The van der Waals surface area contributed by atoms with Crippen molar-refractivity contribution in [2.24, 2.45) is 0 Å². The van der Waals surface area contributed by atoms with Crippen LogP contribution in [0.2, 0.25) is 0 Å². The number of benzene rings is 2. The molecule has 0 spiro atoms. The van der Waals surface area contributed by atoms with E-state index in [1.165, 1.54) is 17.3 Å². The summed E-state index contributed by atoms with van der Waals surface area (Å²) < 4.78 is 29.6. The zero-order valence-electron chi connectivity index (χ0n) is 17.9. The standard InChI is InChI=1S/C23H26N4O3S/c1-17-23(18(2)27(24-17)21-9-5-4-6-10-21)25-12-14-26(15-13-25)31(29,30)22-11-7-8-20(16-22)19(3)28/h4-11,16H,12-15H2,1-3H3. The third kappa shape index (κ3) is 4.00. The van der Waals surface area contributed by atoms with Crippen LogP contribution in [0.1, 0.15) is 28.7 Å². The summed E-state index contributed by atoms with van der Waals surface area (Å²) in [4.78, 5) is 14.0. The Labute approximate surface area is 183 Å². The molecule has 0 saturated carbocycles. The van der Waals surface area contributed by atoms with Crippen molar-refractivity contribution in [3.8, 4) is 5.69 Å². The first kappa shape index (κ1) is 21.3. The van der Waals surface area contributed by atoms with E-state index in [0.717, 1.165) is 22.8 Å². The van der Waals surface area contributed by atoms with E-state index in [0.29, 0.717) is 31.7 Å². The van der Waals surface area contributed by atoms with Gasteiger partial charge in [0.15, 0.2) is 5.78 Å². The molecule has 0 amide bonds. The molecule has 0 radical (unpaired) electrons. The first-order valence-electron chi connectivity index (χ1n) is 10.3. The van der Waals surface area contributed by atoms with E-state index in [1.807, 2.05) is 48.9 Å². The maximum atomic E-state index is 13.1. The summed E-state index contributed by atoms with van der Waals surface area (Å²) in [6.45, 7) is 7.37. The Hall–Kier alpha value is -2.97. The minimum Gasteiger partial charge on any atom is -0.366 e. The van der Waals surface area contributed by atoms with Crippen LogP contribution >= 0.6 is 0 Å².